The minimum Gasteiger partial charge on any atom is -0.373 e. The Labute approximate surface area is 198 Å². The zero-order valence-corrected chi connectivity index (χ0v) is 20.4. The molecule has 6 nitrogen and oxygen atoms in total. The molecule has 3 atom stereocenters. The van der Waals surface area contributed by atoms with Gasteiger partial charge in [0.25, 0.3) is 0 Å². The van der Waals surface area contributed by atoms with Gasteiger partial charge in [-0.3, -0.25) is 9.89 Å². The first-order valence-electron chi connectivity index (χ1n) is 11.4. The van der Waals surface area contributed by atoms with Crippen LogP contribution in [0.2, 0.25) is 0 Å². The molecule has 3 heterocycles. The number of guanidine groups is 1. The lowest BCUT2D eigenvalue weighted by atomic mass is 10.1. The van der Waals surface area contributed by atoms with Crippen LogP contribution in [0.3, 0.4) is 0 Å². The lowest BCUT2D eigenvalue weighted by Crippen LogP contribution is -2.50. The molecule has 166 valence electrons. The van der Waals surface area contributed by atoms with E-state index in [1.807, 2.05) is 7.05 Å². The maximum atomic E-state index is 6.15. The largest absolute Gasteiger partial charge is 0.373 e. The molecule has 7 heteroatoms. The number of rotatable bonds is 5. The van der Waals surface area contributed by atoms with Crippen LogP contribution in [0.1, 0.15) is 24.8 Å². The predicted octanol–water partition coefficient (Wildman–Crippen LogP) is 2.25. The van der Waals surface area contributed by atoms with Crippen LogP contribution in [0, 0.1) is 5.92 Å². The van der Waals surface area contributed by atoms with E-state index < -0.39 is 0 Å². The van der Waals surface area contributed by atoms with Crippen LogP contribution in [0.15, 0.2) is 35.3 Å². The Kier molecular flexibility index (Phi) is 7.54. The number of hydrogen-bond donors (Lipinski definition) is 1. The van der Waals surface area contributed by atoms with E-state index in [9.17, 15) is 0 Å². The van der Waals surface area contributed by atoms with Gasteiger partial charge in [-0.2, -0.15) is 0 Å². The van der Waals surface area contributed by atoms with Crippen molar-refractivity contribution >= 4 is 29.9 Å². The number of fused-ring (bicyclic) bond motifs is 1. The minimum atomic E-state index is 0. The summed E-state index contributed by atoms with van der Waals surface area (Å²) in [5.41, 5.74) is 1.38. The van der Waals surface area contributed by atoms with Gasteiger partial charge in [-0.05, 0) is 37.3 Å². The van der Waals surface area contributed by atoms with E-state index in [4.69, 9.17) is 4.74 Å². The lowest BCUT2D eigenvalue weighted by molar-refractivity contribution is -0.0502. The van der Waals surface area contributed by atoms with E-state index in [2.05, 4.69) is 55.3 Å². The van der Waals surface area contributed by atoms with Crippen LogP contribution in [0.25, 0.3) is 0 Å². The number of likely N-dealkylation sites (tertiary alicyclic amines) is 2. The highest BCUT2D eigenvalue weighted by Crippen LogP contribution is 2.31. The maximum Gasteiger partial charge on any atom is 0.193 e. The zero-order valence-electron chi connectivity index (χ0n) is 18.1. The first-order chi connectivity index (χ1) is 14.3. The number of aliphatic imine (C=N–C) groups is 1. The molecule has 3 saturated heterocycles. The van der Waals surface area contributed by atoms with Crippen LogP contribution in [-0.4, -0.2) is 91.8 Å². The van der Waals surface area contributed by atoms with Gasteiger partial charge < -0.3 is 19.9 Å². The van der Waals surface area contributed by atoms with Crippen LogP contribution in [-0.2, 0) is 11.3 Å². The maximum absolute atomic E-state index is 6.15. The molecule has 5 rings (SSSR count). The van der Waals surface area contributed by atoms with E-state index in [0.29, 0.717) is 6.04 Å². The molecular formula is C23H36IN5O. The molecular weight excluding hydrogens is 489 g/mol. The molecule has 1 aromatic carbocycles. The van der Waals surface area contributed by atoms with Crippen LogP contribution in [0.4, 0.5) is 0 Å². The molecule has 1 N–H and O–H groups in total. The molecule has 0 spiro atoms. The smallest absolute Gasteiger partial charge is 0.193 e. The topological polar surface area (TPSA) is 43.3 Å². The van der Waals surface area contributed by atoms with Gasteiger partial charge in [0.2, 0.25) is 0 Å². The van der Waals surface area contributed by atoms with Crippen LogP contribution < -0.4 is 5.32 Å². The first-order valence-corrected chi connectivity index (χ1v) is 11.4. The quantitative estimate of drug-likeness (QED) is 0.363. The molecule has 30 heavy (non-hydrogen) atoms. The predicted molar refractivity (Wildman–Crippen MR) is 131 cm³/mol. The van der Waals surface area contributed by atoms with Crippen molar-refractivity contribution in [3.63, 3.8) is 0 Å². The number of halogens is 1. The number of morpholine rings is 1. The summed E-state index contributed by atoms with van der Waals surface area (Å²) in [6.07, 6.45) is 4.43. The van der Waals surface area contributed by atoms with E-state index in [0.717, 1.165) is 57.2 Å². The highest BCUT2D eigenvalue weighted by atomic mass is 127. The zero-order chi connectivity index (χ0) is 19.6. The monoisotopic (exact) mass is 525 g/mol. The van der Waals surface area contributed by atoms with Crippen molar-refractivity contribution in [2.24, 2.45) is 10.9 Å². The second-order valence-corrected chi connectivity index (χ2v) is 9.15. The molecule has 0 amide bonds. The number of nitrogens with zero attached hydrogens (tertiary/aromatic N) is 4. The average Bonchev–Trinajstić information content (AvgIpc) is 3.32. The van der Waals surface area contributed by atoms with Crippen LogP contribution in [0.5, 0.6) is 0 Å². The Morgan fingerprint density at radius 3 is 2.70 bits per heavy atom. The molecule has 0 radical (unpaired) electrons. The molecule has 1 aromatic rings. The highest BCUT2D eigenvalue weighted by molar-refractivity contribution is 14.0. The molecule has 3 aliphatic heterocycles. The van der Waals surface area contributed by atoms with E-state index >= 15 is 0 Å². The third kappa shape index (κ3) is 5.11. The fourth-order valence-electron chi connectivity index (χ4n) is 5.31. The normalized spacial score (nSPS) is 30.2. The highest BCUT2D eigenvalue weighted by Gasteiger charge is 2.41. The van der Waals surface area contributed by atoms with Crippen molar-refractivity contribution in [3.8, 4) is 0 Å². The third-order valence-electron chi connectivity index (χ3n) is 7.09. The van der Waals surface area contributed by atoms with Crippen molar-refractivity contribution < 1.29 is 4.74 Å². The van der Waals surface area contributed by atoms with Crippen molar-refractivity contribution in [1.29, 1.82) is 0 Å². The molecule has 3 unspecified atom stereocenters. The van der Waals surface area contributed by atoms with E-state index in [-0.39, 0.29) is 30.1 Å². The van der Waals surface area contributed by atoms with Crippen molar-refractivity contribution in [2.75, 3.05) is 52.9 Å². The standard InChI is InChI=1S/C23H35N5O.HI/c1-24-23(25-13-19-9-10-26(15-19)20-7-8-20)28-16-21-22(17-28)29-12-11-27(21)14-18-5-3-2-4-6-18;/h2-6,19-22H,7-17H2,1H3,(H,24,25);1H. The summed E-state index contributed by atoms with van der Waals surface area (Å²) in [5, 5.41) is 3.68. The van der Waals surface area contributed by atoms with Gasteiger partial charge in [0, 0.05) is 52.4 Å². The van der Waals surface area contributed by atoms with Crippen molar-refractivity contribution in [1.82, 2.24) is 20.0 Å². The van der Waals surface area contributed by atoms with Gasteiger partial charge in [-0.15, -0.1) is 24.0 Å². The summed E-state index contributed by atoms with van der Waals surface area (Å²) in [6, 6.07) is 12.1. The summed E-state index contributed by atoms with van der Waals surface area (Å²) in [4.78, 5) is 12.3. The van der Waals surface area contributed by atoms with Gasteiger partial charge in [0.15, 0.2) is 5.96 Å². The summed E-state index contributed by atoms with van der Waals surface area (Å²) in [7, 11) is 1.91. The molecule has 4 fully saturated rings. The third-order valence-corrected chi connectivity index (χ3v) is 7.09. The number of hydrogen-bond acceptors (Lipinski definition) is 4. The Hall–Kier alpha value is -0.900. The molecule has 0 bridgehead atoms. The van der Waals surface area contributed by atoms with E-state index in [1.165, 1.54) is 37.9 Å². The van der Waals surface area contributed by atoms with Crippen molar-refractivity contribution in [3.05, 3.63) is 35.9 Å². The molecule has 1 saturated carbocycles. The minimum absolute atomic E-state index is 0. The van der Waals surface area contributed by atoms with Gasteiger partial charge in [-0.25, -0.2) is 0 Å². The lowest BCUT2D eigenvalue weighted by Gasteiger charge is -2.36. The molecule has 4 aliphatic rings. The van der Waals surface area contributed by atoms with Gasteiger partial charge in [0.05, 0.1) is 18.8 Å². The fraction of sp³-hybridized carbons (Fsp3) is 0.696. The van der Waals surface area contributed by atoms with E-state index in [1.54, 1.807) is 0 Å². The fourth-order valence-corrected chi connectivity index (χ4v) is 5.31. The first kappa shape index (κ1) is 22.3. The number of ether oxygens (including phenoxy) is 1. The number of benzene rings is 1. The van der Waals surface area contributed by atoms with Gasteiger partial charge in [-0.1, -0.05) is 30.3 Å². The SMILES string of the molecule is CN=C(NCC1CCN(C2CC2)C1)N1CC2OCCN(Cc3ccccc3)C2C1.I. The Bertz CT molecular complexity index is 713. The Morgan fingerprint density at radius 1 is 1.10 bits per heavy atom. The number of nitrogens with one attached hydrogen (secondary N) is 1. The molecule has 0 aromatic heterocycles. The Morgan fingerprint density at radius 2 is 1.93 bits per heavy atom. The van der Waals surface area contributed by atoms with Crippen LogP contribution >= 0.6 is 24.0 Å². The summed E-state index contributed by atoms with van der Waals surface area (Å²) in [5.74, 6) is 1.80. The van der Waals surface area contributed by atoms with Crippen molar-refractivity contribution in [2.45, 2.75) is 44.0 Å². The summed E-state index contributed by atoms with van der Waals surface area (Å²) < 4.78 is 6.15. The second-order valence-electron chi connectivity index (χ2n) is 9.15. The average molecular weight is 525 g/mol. The van der Waals surface area contributed by atoms with Gasteiger partial charge in [0.1, 0.15) is 0 Å². The Balaban J connectivity index is 0.00000218. The second kappa shape index (κ2) is 10.1. The molecule has 1 aliphatic carbocycles. The summed E-state index contributed by atoms with van der Waals surface area (Å²) >= 11 is 0. The summed E-state index contributed by atoms with van der Waals surface area (Å²) in [6.45, 7) is 8.35. The van der Waals surface area contributed by atoms with Gasteiger partial charge >= 0.3 is 0 Å².